The lowest BCUT2D eigenvalue weighted by atomic mass is 10.0. The summed E-state index contributed by atoms with van der Waals surface area (Å²) in [7, 11) is -3.48. The Hall–Kier alpha value is -1.18. The van der Waals surface area contributed by atoms with Gasteiger partial charge in [-0.15, -0.1) is 0 Å². The largest absolute Gasteiger partial charge is 0.308 e. The van der Waals surface area contributed by atoms with Crippen LogP contribution in [0.2, 0.25) is 0 Å². The molecule has 0 radical (unpaired) electrons. The van der Waals surface area contributed by atoms with E-state index < -0.39 is 10.0 Å². The van der Waals surface area contributed by atoms with Crippen LogP contribution < -0.4 is 4.87 Å². The van der Waals surface area contributed by atoms with Crippen molar-refractivity contribution >= 4 is 31.6 Å². The van der Waals surface area contributed by atoms with Gasteiger partial charge in [-0.25, -0.2) is 8.42 Å². The Bertz CT molecular complexity index is 880. The van der Waals surface area contributed by atoms with Gasteiger partial charge in [0.15, 0.2) is 0 Å². The van der Waals surface area contributed by atoms with Crippen molar-refractivity contribution in [2.45, 2.75) is 44.6 Å². The summed E-state index contributed by atoms with van der Waals surface area (Å²) in [6.07, 6.45) is 1.98. The molecule has 0 spiro atoms. The maximum absolute atomic E-state index is 12.8. The highest BCUT2D eigenvalue weighted by molar-refractivity contribution is 7.89. The normalized spacial score (nSPS) is 20.4. The summed E-state index contributed by atoms with van der Waals surface area (Å²) < 4.78 is 29.7. The van der Waals surface area contributed by atoms with Gasteiger partial charge in [-0.2, -0.15) is 4.31 Å². The molecule has 7 heteroatoms. The molecular formula is C16H22N2O3S2. The van der Waals surface area contributed by atoms with Crippen LogP contribution in [0.5, 0.6) is 0 Å². The molecule has 2 heterocycles. The highest BCUT2D eigenvalue weighted by atomic mass is 32.2. The first kappa shape index (κ1) is 16.7. The Balaban J connectivity index is 2.05. The van der Waals surface area contributed by atoms with Crippen molar-refractivity contribution in [2.75, 3.05) is 13.1 Å². The van der Waals surface area contributed by atoms with Crippen LogP contribution in [0.25, 0.3) is 10.2 Å². The van der Waals surface area contributed by atoms with Crippen LogP contribution in [-0.2, 0) is 10.0 Å². The molecular weight excluding hydrogens is 332 g/mol. The van der Waals surface area contributed by atoms with E-state index >= 15 is 0 Å². The molecule has 0 N–H and O–H groups in total. The molecule has 1 aliphatic rings. The van der Waals surface area contributed by atoms with Gasteiger partial charge >= 0.3 is 4.87 Å². The van der Waals surface area contributed by atoms with E-state index in [9.17, 15) is 13.2 Å². The lowest BCUT2D eigenvalue weighted by Gasteiger charge is -2.30. The molecule has 1 saturated heterocycles. The smallest absolute Gasteiger partial charge is 0.296 e. The summed E-state index contributed by atoms with van der Waals surface area (Å²) in [6, 6.07) is 5.09. The van der Waals surface area contributed by atoms with Crippen LogP contribution in [0.3, 0.4) is 0 Å². The van der Waals surface area contributed by atoms with Crippen molar-refractivity contribution in [3.63, 3.8) is 0 Å². The standard InChI is InChI=1S/C16H22N2O3S2/c1-11(2)18-14-7-6-13(9-15(14)22-16(18)19)23(20,21)17-8-4-5-12(3)10-17/h6-7,9,11-12H,4-5,8,10H2,1-3H3. The van der Waals surface area contributed by atoms with Gasteiger partial charge in [0.2, 0.25) is 10.0 Å². The minimum atomic E-state index is -3.48. The number of rotatable bonds is 3. The van der Waals surface area contributed by atoms with Crippen LogP contribution in [0.4, 0.5) is 0 Å². The Labute approximate surface area is 140 Å². The summed E-state index contributed by atoms with van der Waals surface area (Å²) in [4.78, 5) is 12.4. The monoisotopic (exact) mass is 354 g/mol. The van der Waals surface area contributed by atoms with E-state index in [-0.39, 0.29) is 15.8 Å². The third kappa shape index (κ3) is 2.97. The van der Waals surface area contributed by atoms with E-state index in [1.807, 2.05) is 13.8 Å². The first-order valence-corrected chi connectivity index (χ1v) is 10.2. The maximum Gasteiger partial charge on any atom is 0.308 e. The minimum absolute atomic E-state index is 0.0452. The van der Waals surface area contributed by atoms with Crippen LogP contribution in [0.1, 0.15) is 39.7 Å². The molecule has 1 atom stereocenters. The zero-order chi connectivity index (χ0) is 16.8. The summed E-state index contributed by atoms with van der Waals surface area (Å²) in [5.74, 6) is 0.389. The van der Waals surface area contributed by atoms with Crippen molar-refractivity contribution in [3.05, 3.63) is 27.9 Å². The summed E-state index contributed by atoms with van der Waals surface area (Å²) in [5.41, 5.74) is 0.806. The van der Waals surface area contributed by atoms with Crippen molar-refractivity contribution in [1.29, 1.82) is 0 Å². The fraction of sp³-hybridized carbons (Fsp3) is 0.562. The molecule has 23 heavy (non-hydrogen) atoms. The average Bonchev–Trinajstić information content (AvgIpc) is 2.82. The SMILES string of the molecule is CC1CCCN(S(=O)(=O)c2ccc3c(c2)sc(=O)n3C(C)C)C1. The highest BCUT2D eigenvalue weighted by Gasteiger charge is 2.29. The van der Waals surface area contributed by atoms with Crippen molar-refractivity contribution < 1.29 is 8.42 Å². The number of aromatic nitrogens is 1. The number of piperidine rings is 1. The van der Waals surface area contributed by atoms with Crippen LogP contribution >= 0.6 is 11.3 Å². The van der Waals surface area contributed by atoms with Crippen LogP contribution in [0.15, 0.2) is 27.9 Å². The maximum atomic E-state index is 12.8. The van der Waals surface area contributed by atoms with Crippen molar-refractivity contribution in [2.24, 2.45) is 5.92 Å². The molecule has 1 unspecified atom stereocenters. The molecule has 5 nitrogen and oxygen atoms in total. The molecule has 0 aliphatic carbocycles. The fourth-order valence-corrected chi connectivity index (χ4v) is 5.93. The molecule has 1 fully saturated rings. The molecule has 1 aromatic heterocycles. The Morgan fingerprint density at radius 1 is 1.30 bits per heavy atom. The topological polar surface area (TPSA) is 59.4 Å². The van der Waals surface area contributed by atoms with E-state index in [0.717, 1.165) is 34.4 Å². The van der Waals surface area contributed by atoms with Crippen LogP contribution in [0, 0.1) is 5.92 Å². The minimum Gasteiger partial charge on any atom is -0.296 e. The van der Waals surface area contributed by atoms with E-state index in [4.69, 9.17) is 0 Å². The zero-order valence-electron chi connectivity index (χ0n) is 13.7. The van der Waals surface area contributed by atoms with Crippen molar-refractivity contribution in [1.82, 2.24) is 8.87 Å². The molecule has 0 amide bonds. The predicted molar refractivity (Wildman–Crippen MR) is 93.6 cm³/mol. The Kier molecular flexibility index (Phi) is 4.37. The van der Waals surface area contributed by atoms with Gasteiger partial charge in [-0.1, -0.05) is 18.3 Å². The number of thiazole rings is 1. The van der Waals surface area contributed by atoms with Crippen LogP contribution in [-0.4, -0.2) is 30.4 Å². The van der Waals surface area contributed by atoms with Gasteiger partial charge in [0.05, 0.1) is 15.1 Å². The highest BCUT2D eigenvalue weighted by Crippen LogP contribution is 2.28. The third-order valence-corrected chi connectivity index (χ3v) is 7.14. The fourth-order valence-electron chi connectivity index (χ4n) is 3.18. The molecule has 2 aromatic rings. The number of fused-ring (bicyclic) bond motifs is 1. The van der Waals surface area contributed by atoms with Gasteiger partial charge in [-0.3, -0.25) is 9.36 Å². The summed E-state index contributed by atoms with van der Waals surface area (Å²) in [5, 5.41) is 0. The van der Waals surface area contributed by atoms with E-state index in [0.29, 0.717) is 19.0 Å². The van der Waals surface area contributed by atoms with Crippen molar-refractivity contribution in [3.8, 4) is 0 Å². The van der Waals surface area contributed by atoms with Gasteiger partial charge in [0, 0.05) is 19.1 Å². The molecule has 3 rings (SSSR count). The second-order valence-corrected chi connectivity index (χ2v) is 9.50. The van der Waals surface area contributed by atoms with Gasteiger partial charge in [0.25, 0.3) is 0 Å². The summed E-state index contributed by atoms with van der Waals surface area (Å²) in [6.45, 7) is 7.14. The molecule has 0 saturated carbocycles. The van der Waals surface area contributed by atoms with E-state index in [1.54, 1.807) is 27.1 Å². The number of hydrogen-bond donors (Lipinski definition) is 0. The molecule has 0 bridgehead atoms. The third-order valence-electron chi connectivity index (χ3n) is 4.36. The Morgan fingerprint density at radius 2 is 2.04 bits per heavy atom. The number of sulfonamides is 1. The molecule has 1 aliphatic heterocycles. The van der Waals surface area contributed by atoms with Gasteiger partial charge in [0.1, 0.15) is 0 Å². The zero-order valence-corrected chi connectivity index (χ0v) is 15.3. The second kappa shape index (κ2) is 6.03. The number of hydrogen-bond acceptors (Lipinski definition) is 4. The second-order valence-electron chi connectivity index (χ2n) is 6.57. The van der Waals surface area contributed by atoms with Gasteiger partial charge in [-0.05, 0) is 50.8 Å². The molecule has 1 aromatic carbocycles. The quantitative estimate of drug-likeness (QED) is 0.851. The molecule has 126 valence electrons. The lowest BCUT2D eigenvalue weighted by molar-refractivity contribution is 0.281. The Morgan fingerprint density at radius 3 is 2.70 bits per heavy atom. The lowest BCUT2D eigenvalue weighted by Crippen LogP contribution is -2.39. The predicted octanol–water partition coefficient (Wildman–Crippen LogP) is 3.06. The van der Waals surface area contributed by atoms with E-state index in [2.05, 4.69) is 6.92 Å². The summed E-state index contributed by atoms with van der Waals surface area (Å²) >= 11 is 1.11. The number of benzene rings is 1. The first-order chi connectivity index (χ1) is 10.8. The van der Waals surface area contributed by atoms with Gasteiger partial charge < -0.3 is 0 Å². The average molecular weight is 354 g/mol. The first-order valence-electron chi connectivity index (χ1n) is 7.96. The van der Waals surface area contributed by atoms with E-state index in [1.165, 1.54) is 0 Å². The number of nitrogens with zero attached hydrogens (tertiary/aromatic N) is 2.